The minimum absolute atomic E-state index is 0.283. The van der Waals surface area contributed by atoms with Crippen molar-refractivity contribution in [2.45, 2.75) is 13.3 Å². The van der Waals surface area contributed by atoms with Crippen LogP contribution in [0.25, 0.3) is 0 Å². The summed E-state index contributed by atoms with van der Waals surface area (Å²) in [6, 6.07) is 7.99. The summed E-state index contributed by atoms with van der Waals surface area (Å²) in [6.45, 7) is 2.71. The van der Waals surface area contributed by atoms with Crippen molar-refractivity contribution in [1.82, 2.24) is 9.97 Å². The molecule has 0 atom stereocenters. The number of anilines is 2. The molecule has 0 bridgehead atoms. The molecule has 1 aromatic heterocycles. The Labute approximate surface area is 112 Å². The van der Waals surface area contributed by atoms with E-state index in [9.17, 15) is 0 Å². The largest absolute Gasteiger partial charge is 0.496 e. The fourth-order valence-electron chi connectivity index (χ4n) is 1.86. The number of para-hydroxylation sites is 1. The van der Waals surface area contributed by atoms with E-state index in [-0.39, 0.29) is 5.95 Å². The van der Waals surface area contributed by atoms with Crippen LogP contribution in [-0.2, 0) is 6.42 Å². The highest BCUT2D eigenvalue weighted by Crippen LogP contribution is 2.18. The number of methoxy groups -OCH3 is 1. The molecular formula is C14H18N4O. The lowest BCUT2D eigenvalue weighted by Gasteiger charge is -2.10. The summed E-state index contributed by atoms with van der Waals surface area (Å²) in [5.41, 5.74) is 7.72. The van der Waals surface area contributed by atoms with Gasteiger partial charge >= 0.3 is 0 Å². The zero-order valence-electron chi connectivity index (χ0n) is 11.2. The summed E-state index contributed by atoms with van der Waals surface area (Å²) in [6.07, 6.45) is 2.57. The number of hydrogen-bond donors (Lipinski definition) is 2. The van der Waals surface area contributed by atoms with Gasteiger partial charge < -0.3 is 15.8 Å². The molecule has 100 valence electrons. The Kier molecular flexibility index (Phi) is 4.18. The van der Waals surface area contributed by atoms with Gasteiger partial charge in [0.05, 0.1) is 7.11 Å². The van der Waals surface area contributed by atoms with Crippen molar-refractivity contribution in [3.05, 3.63) is 41.6 Å². The summed E-state index contributed by atoms with van der Waals surface area (Å²) < 4.78 is 5.32. The maximum atomic E-state index is 5.57. The lowest BCUT2D eigenvalue weighted by Crippen LogP contribution is -2.10. The Morgan fingerprint density at radius 1 is 1.32 bits per heavy atom. The van der Waals surface area contributed by atoms with E-state index in [1.54, 1.807) is 13.3 Å². The van der Waals surface area contributed by atoms with Gasteiger partial charge in [-0.2, -0.15) is 4.98 Å². The van der Waals surface area contributed by atoms with E-state index >= 15 is 0 Å². The van der Waals surface area contributed by atoms with Crippen LogP contribution in [0.4, 0.5) is 11.8 Å². The number of nitrogens with zero attached hydrogens (tertiary/aromatic N) is 2. The molecule has 5 nitrogen and oxygen atoms in total. The second-order valence-electron chi connectivity index (χ2n) is 4.25. The maximum absolute atomic E-state index is 5.57. The molecule has 0 aliphatic rings. The van der Waals surface area contributed by atoms with E-state index in [1.807, 2.05) is 25.1 Å². The lowest BCUT2D eigenvalue weighted by molar-refractivity contribution is 0.410. The van der Waals surface area contributed by atoms with Crippen LogP contribution < -0.4 is 15.8 Å². The molecule has 2 aromatic rings. The smallest absolute Gasteiger partial charge is 0.221 e. The highest BCUT2D eigenvalue weighted by Gasteiger charge is 2.03. The molecule has 19 heavy (non-hydrogen) atoms. The summed E-state index contributed by atoms with van der Waals surface area (Å²) in [7, 11) is 1.68. The average Bonchev–Trinajstić information content (AvgIpc) is 2.43. The Hall–Kier alpha value is -2.30. The highest BCUT2D eigenvalue weighted by molar-refractivity contribution is 5.45. The zero-order chi connectivity index (χ0) is 13.7. The van der Waals surface area contributed by atoms with Crippen LogP contribution in [-0.4, -0.2) is 23.6 Å². The highest BCUT2D eigenvalue weighted by atomic mass is 16.5. The minimum atomic E-state index is 0.283. The predicted molar refractivity (Wildman–Crippen MR) is 76.4 cm³/mol. The van der Waals surface area contributed by atoms with Gasteiger partial charge in [0.2, 0.25) is 5.95 Å². The third kappa shape index (κ3) is 3.34. The van der Waals surface area contributed by atoms with Crippen LogP contribution >= 0.6 is 0 Å². The Balaban J connectivity index is 1.98. The first-order valence-corrected chi connectivity index (χ1v) is 6.15. The maximum Gasteiger partial charge on any atom is 0.221 e. The normalized spacial score (nSPS) is 10.2. The van der Waals surface area contributed by atoms with Gasteiger partial charge in [0.15, 0.2) is 0 Å². The van der Waals surface area contributed by atoms with Gasteiger partial charge in [-0.1, -0.05) is 18.2 Å². The number of nitrogens with one attached hydrogen (secondary N) is 1. The number of aromatic nitrogens is 2. The van der Waals surface area contributed by atoms with Gasteiger partial charge in [-0.15, -0.1) is 0 Å². The number of aryl methyl sites for hydroxylation is 1. The van der Waals surface area contributed by atoms with Crippen molar-refractivity contribution in [3.8, 4) is 5.75 Å². The van der Waals surface area contributed by atoms with Crippen LogP contribution in [0.5, 0.6) is 5.75 Å². The molecule has 0 saturated heterocycles. The van der Waals surface area contributed by atoms with E-state index in [0.717, 1.165) is 35.7 Å². The molecule has 0 aliphatic heterocycles. The number of hydrogen-bond acceptors (Lipinski definition) is 5. The van der Waals surface area contributed by atoms with Crippen LogP contribution in [0.1, 0.15) is 11.1 Å². The van der Waals surface area contributed by atoms with Crippen LogP contribution in [0, 0.1) is 6.92 Å². The van der Waals surface area contributed by atoms with Gasteiger partial charge in [-0.3, -0.25) is 0 Å². The summed E-state index contributed by atoms with van der Waals surface area (Å²) >= 11 is 0. The van der Waals surface area contributed by atoms with E-state index in [0.29, 0.717) is 0 Å². The fraction of sp³-hybridized carbons (Fsp3) is 0.286. The standard InChI is InChI=1S/C14H18N4O/c1-10-9-17-14(15)18-13(10)16-8-7-11-5-3-4-6-12(11)19-2/h3-6,9H,7-8H2,1-2H3,(H3,15,16,17,18). The monoisotopic (exact) mass is 258 g/mol. The Bertz CT molecular complexity index is 557. The Morgan fingerprint density at radius 3 is 2.89 bits per heavy atom. The average molecular weight is 258 g/mol. The molecule has 0 fully saturated rings. The molecular weight excluding hydrogens is 240 g/mol. The van der Waals surface area contributed by atoms with E-state index < -0.39 is 0 Å². The fourth-order valence-corrected chi connectivity index (χ4v) is 1.86. The minimum Gasteiger partial charge on any atom is -0.496 e. The number of nitrogen functional groups attached to an aromatic ring is 1. The molecule has 0 spiro atoms. The zero-order valence-corrected chi connectivity index (χ0v) is 11.2. The topological polar surface area (TPSA) is 73.1 Å². The van der Waals surface area contributed by atoms with Gasteiger partial charge in [-0.25, -0.2) is 4.98 Å². The molecule has 1 heterocycles. The summed E-state index contributed by atoms with van der Waals surface area (Å²) in [5, 5.41) is 3.27. The SMILES string of the molecule is COc1ccccc1CCNc1nc(N)ncc1C. The number of nitrogens with two attached hydrogens (primary N) is 1. The molecule has 0 radical (unpaired) electrons. The number of rotatable bonds is 5. The van der Waals surface area contributed by atoms with E-state index in [4.69, 9.17) is 10.5 Å². The molecule has 0 amide bonds. The van der Waals surface area contributed by atoms with Crippen LogP contribution in [0.3, 0.4) is 0 Å². The van der Waals surface area contributed by atoms with Gasteiger partial charge in [0, 0.05) is 18.3 Å². The number of benzene rings is 1. The molecule has 2 rings (SSSR count). The molecule has 0 aliphatic carbocycles. The van der Waals surface area contributed by atoms with Crippen LogP contribution in [0.2, 0.25) is 0 Å². The third-order valence-electron chi connectivity index (χ3n) is 2.87. The lowest BCUT2D eigenvalue weighted by atomic mass is 10.1. The third-order valence-corrected chi connectivity index (χ3v) is 2.87. The second kappa shape index (κ2) is 6.04. The predicted octanol–water partition coefficient (Wildman–Crippen LogP) is 2.03. The number of ether oxygens (including phenoxy) is 1. The van der Waals surface area contributed by atoms with Crippen molar-refractivity contribution in [2.24, 2.45) is 0 Å². The summed E-state index contributed by atoms with van der Waals surface area (Å²) in [5.74, 6) is 1.97. The molecule has 0 saturated carbocycles. The first-order valence-electron chi connectivity index (χ1n) is 6.15. The van der Waals surface area contributed by atoms with Gasteiger partial charge in [-0.05, 0) is 25.0 Å². The van der Waals surface area contributed by atoms with E-state index in [1.165, 1.54) is 0 Å². The van der Waals surface area contributed by atoms with Crippen molar-refractivity contribution >= 4 is 11.8 Å². The van der Waals surface area contributed by atoms with Gasteiger partial charge in [0.25, 0.3) is 0 Å². The van der Waals surface area contributed by atoms with Crippen molar-refractivity contribution < 1.29 is 4.74 Å². The molecule has 1 aromatic carbocycles. The first-order chi connectivity index (χ1) is 9.20. The van der Waals surface area contributed by atoms with Gasteiger partial charge in [0.1, 0.15) is 11.6 Å². The quantitative estimate of drug-likeness (QED) is 0.858. The van der Waals surface area contributed by atoms with Crippen molar-refractivity contribution in [3.63, 3.8) is 0 Å². The van der Waals surface area contributed by atoms with Crippen molar-refractivity contribution in [2.75, 3.05) is 24.7 Å². The Morgan fingerprint density at radius 2 is 2.11 bits per heavy atom. The molecule has 0 unspecified atom stereocenters. The van der Waals surface area contributed by atoms with Crippen molar-refractivity contribution in [1.29, 1.82) is 0 Å². The molecule has 3 N–H and O–H groups in total. The first kappa shape index (κ1) is 13.1. The second-order valence-corrected chi connectivity index (χ2v) is 4.25. The van der Waals surface area contributed by atoms with Crippen LogP contribution in [0.15, 0.2) is 30.5 Å². The molecule has 5 heteroatoms. The summed E-state index contributed by atoms with van der Waals surface area (Å²) in [4.78, 5) is 8.11. The van der Waals surface area contributed by atoms with E-state index in [2.05, 4.69) is 21.4 Å².